The van der Waals surface area contributed by atoms with Gasteiger partial charge in [-0.1, -0.05) is 0 Å². The van der Waals surface area contributed by atoms with Crippen molar-refractivity contribution in [2.75, 3.05) is 33.0 Å². The highest BCUT2D eigenvalue weighted by Crippen LogP contribution is 2.39. The van der Waals surface area contributed by atoms with E-state index in [1.54, 1.807) is 0 Å². The van der Waals surface area contributed by atoms with E-state index in [2.05, 4.69) is 16.0 Å². The zero-order valence-corrected chi connectivity index (χ0v) is 38.7. The van der Waals surface area contributed by atoms with Crippen LogP contribution >= 0.6 is 0 Å². The van der Waals surface area contributed by atoms with Gasteiger partial charge in [-0.15, -0.1) is 0 Å². The zero-order chi connectivity index (χ0) is 53.0. The molecule has 31 heteroatoms. The highest BCUT2D eigenvalue weighted by atomic mass is 16.8. The number of carbonyl (C=O) groups is 4. The van der Waals surface area contributed by atoms with Gasteiger partial charge in [-0.3, -0.25) is 14.4 Å². The number of aliphatic hydroxyl groups excluding tert-OH is 14. The topological polar surface area (TPSA) is 491 Å². The first-order valence-corrected chi connectivity index (χ1v) is 22.5. The number of carboxylic acids is 1. The van der Waals surface area contributed by atoms with Gasteiger partial charge in [-0.2, -0.15) is 0 Å². The number of aliphatic carboxylic acids is 1. The number of aliphatic hydroxyl groups is 14. The van der Waals surface area contributed by atoms with Crippen LogP contribution in [-0.2, 0) is 61.8 Å². The van der Waals surface area contributed by atoms with Crippen LogP contribution < -0.4 is 16.0 Å². The lowest BCUT2D eigenvalue weighted by Gasteiger charge is -2.51. The van der Waals surface area contributed by atoms with E-state index in [0.29, 0.717) is 0 Å². The molecule has 5 aliphatic heterocycles. The van der Waals surface area contributed by atoms with Crippen molar-refractivity contribution in [1.82, 2.24) is 16.0 Å². The summed E-state index contributed by atoms with van der Waals surface area (Å²) in [5, 5.41) is 167. The number of nitrogens with one attached hydrogen (secondary N) is 3. The predicted molar refractivity (Wildman–Crippen MR) is 222 cm³/mol. The number of hydrogen-bond acceptors (Lipinski definition) is 27. The molecule has 5 heterocycles. The highest BCUT2D eigenvalue weighted by molar-refractivity contribution is 5.77. The Morgan fingerprint density at radius 3 is 1.65 bits per heavy atom. The first kappa shape index (κ1) is 58.8. The first-order chi connectivity index (χ1) is 33.3. The van der Waals surface area contributed by atoms with Gasteiger partial charge in [0.2, 0.25) is 17.7 Å². The smallest absolute Gasteiger partial charge is 0.364 e. The van der Waals surface area contributed by atoms with E-state index in [9.17, 15) is 95.8 Å². The Kier molecular flexibility index (Phi) is 20.7. The largest absolute Gasteiger partial charge is 0.477 e. The average Bonchev–Trinajstić information content (AvgIpc) is 3.31. The standard InChI is InChI=1S/C40H67N3O28/c1-11-21(41-12(2)48)33(27(56)20(64-11)10-63-36-23(43-14(4)50)28(57)32(19(9-47)67-36)68-37-30(59)29(58)25(54)17(7-45)65-37)69-38-31(60)35(26(55)18(8-46)66-38)71-40(39(61)62)5-15(51)22(42-13(3)49)34(70-40)24(53)16(52)6-44/h11,15-38,44-47,51-60H,5-10H2,1-4H3,(H,41,48)(H,42,49)(H,43,50)(H,61,62)/t11-,15-,16-,17?,18?,19?,20?,21?,22-,23?,24-,25+,26+,27+,28-,29+,30?,31?,32-,33-,34?,35+,36-,37+,38+,40+/m1/s1. The van der Waals surface area contributed by atoms with Crippen LogP contribution in [0, 0.1) is 0 Å². The lowest BCUT2D eigenvalue weighted by Crippen LogP contribution is -2.71. The van der Waals surface area contributed by atoms with E-state index >= 15 is 0 Å². The molecule has 0 bridgehead atoms. The molecule has 31 nitrogen and oxygen atoms in total. The van der Waals surface area contributed by atoms with Crippen molar-refractivity contribution in [3.63, 3.8) is 0 Å². The SMILES string of the molecule is CC(=O)NC1[C@H](OCC2O[C@H](C)C(NC(C)=O)[C@@H](O[C@@H]3OC(CO)[C@H](O)[C@H](O[C@]4(C(=O)O)C[C@@H](O)[C@@H](NC(C)=O)C([C@H](O)[C@H](O)CO)O4)C3O)[C@H]2O)OC(CO)[C@@H](O[C@@H]2OC(CO)[C@H](O)[C@H](O)C2O)[C@@H]1O. The van der Waals surface area contributed by atoms with E-state index in [4.69, 9.17) is 42.6 Å². The molecule has 0 aromatic heterocycles. The Morgan fingerprint density at radius 2 is 1.10 bits per heavy atom. The molecule has 5 rings (SSSR count). The molecule has 3 amide bonds. The lowest BCUT2D eigenvalue weighted by atomic mass is 9.88. The fraction of sp³-hybridized carbons (Fsp3) is 0.900. The molecule has 410 valence electrons. The number of carbonyl (C=O) groups excluding carboxylic acids is 3. The Morgan fingerprint density at radius 1 is 0.592 bits per heavy atom. The second kappa shape index (κ2) is 25.0. The van der Waals surface area contributed by atoms with Crippen LogP contribution in [0.3, 0.4) is 0 Å². The summed E-state index contributed by atoms with van der Waals surface area (Å²) in [6.45, 7) is -0.0155. The minimum absolute atomic E-state index is 0.689. The summed E-state index contributed by atoms with van der Waals surface area (Å²) in [4.78, 5) is 49.9. The van der Waals surface area contributed by atoms with Crippen LogP contribution in [0.15, 0.2) is 0 Å². The second-order valence-electron chi connectivity index (χ2n) is 17.9. The van der Waals surface area contributed by atoms with E-state index in [-0.39, 0.29) is 0 Å². The van der Waals surface area contributed by atoms with Crippen LogP contribution in [0.2, 0.25) is 0 Å². The van der Waals surface area contributed by atoms with Gasteiger partial charge in [0.05, 0.1) is 57.3 Å². The van der Waals surface area contributed by atoms with Crippen molar-refractivity contribution in [1.29, 1.82) is 0 Å². The number of rotatable bonds is 19. The summed E-state index contributed by atoms with van der Waals surface area (Å²) in [7, 11) is 0. The van der Waals surface area contributed by atoms with Gasteiger partial charge in [-0.25, -0.2) is 4.79 Å². The Balaban J connectivity index is 1.39. The van der Waals surface area contributed by atoms with Crippen molar-refractivity contribution in [3.8, 4) is 0 Å². The van der Waals surface area contributed by atoms with Crippen LogP contribution in [-0.4, -0.2) is 292 Å². The predicted octanol–water partition coefficient (Wildman–Crippen LogP) is -11.2. The zero-order valence-electron chi connectivity index (χ0n) is 38.7. The van der Waals surface area contributed by atoms with Gasteiger partial charge in [0, 0.05) is 27.2 Å². The van der Waals surface area contributed by atoms with Crippen LogP contribution in [0.4, 0.5) is 0 Å². The van der Waals surface area contributed by atoms with Gasteiger partial charge in [-0.05, 0) is 6.92 Å². The maximum absolute atomic E-state index is 13.0. The van der Waals surface area contributed by atoms with E-state index < -0.39 is 222 Å². The van der Waals surface area contributed by atoms with Gasteiger partial charge in [0.1, 0.15) is 110 Å². The molecule has 5 saturated heterocycles. The van der Waals surface area contributed by atoms with Gasteiger partial charge < -0.3 is 135 Å². The monoisotopic (exact) mass is 1040 g/mol. The maximum atomic E-state index is 13.0. The number of amides is 3. The minimum atomic E-state index is -3.14. The Bertz CT molecular complexity index is 1770. The molecule has 0 aromatic carbocycles. The fourth-order valence-corrected chi connectivity index (χ4v) is 9.09. The Hall–Kier alpha value is -3.04. The third-order valence-corrected chi connectivity index (χ3v) is 12.8. The van der Waals surface area contributed by atoms with Crippen LogP contribution in [0.1, 0.15) is 34.1 Å². The first-order valence-electron chi connectivity index (χ1n) is 22.5. The number of ether oxygens (including phenoxy) is 9. The molecule has 0 aromatic rings. The maximum Gasteiger partial charge on any atom is 0.364 e. The fourth-order valence-electron chi connectivity index (χ4n) is 9.09. The summed E-state index contributed by atoms with van der Waals surface area (Å²) in [6, 6.07) is -4.51. The summed E-state index contributed by atoms with van der Waals surface area (Å²) < 4.78 is 51.9. The molecule has 0 aliphatic carbocycles. The van der Waals surface area contributed by atoms with Crippen LogP contribution in [0.25, 0.3) is 0 Å². The summed E-state index contributed by atoms with van der Waals surface area (Å²) >= 11 is 0. The van der Waals surface area contributed by atoms with Crippen LogP contribution in [0.5, 0.6) is 0 Å². The van der Waals surface area contributed by atoms with Gasteiger partial charge in [0.25, 0.3) is 5.79 Å². The molecule has 0 radical (unpaired) electrons. The summed E-state index contributed by atoms with van der Waals surface area (Å²) in [6.07, 6.45) is -41.7. The molecule has 5 fully saturated rings. The van der Waals surface area contributed by atoms with Gasteiger partial charge >= 0.3 is 5.97 Å². The second-order valence-corrected chi connectivity index (χ2v) is 17.9. The van der Waals surface area contributed by atoms with Crippen molar-refractivity contribution in [3.05, 3.63) is 0 Å². The normalized spacial score (nSPS) is 45.0. The molecular formula is C40H67N3O28. The summed E-state index contributed by atoms with van der Waals surface area (Å²) in [5.41, 5.74) is 0. The van der Waals surface area contributed by atoms with Gasteiger partial charge in [0.15, 0.2) is 18.9 Å². The van der Waals surface area contributed by atoms with Crippen molar-refractivity contribution >= 4 is 23.7 Å². The molecule has 0 spiro atoms. The Labute approximate surface area is 403 Å². The molecule has 26 atom stereocenters. The molecular weight excluding hydrogens is 970 g/mol. The lowest BCUT2D eigenvalue weighted by molar-refractivity contribution is -0.378. The van der Waals surface area contributed by atoms with E-state index in [1.807, 2.05) is 0 Å². The number of hydrogen-bond donors (Lipinski definition) is 18. The molecule has 0 saturated carbocycles. The molecule has 5 aliphatic rings. The van der Waals surface area contributed by atoms with E-state index in [0.717, 1.165) is 20.8 Å². The average molecular weight is 1040 g/mol. The quantitative estimate of drug-likeness (QED) is 0.0571. The molecule has 9 unspecified atom stereocenters. The summed E-state index contributed by atoms with van der Waals surface area (Å²) in [5.74, 6) is -7.40. The molecule has 71 heavy (non-hydrogen) atoms. The van der Waals surface area contributed by atoms with Crippen molar-refractivity contribution in [2.24, 2.45) is 0 Å². The third kappa shape index (κ3) is 13.1. The molecule has 18 N–H and O–H groups in total. The van der Waals surface area contributed by atoms with Crippen molar-refractivity contribution < 1.29 is 138 Å². The third-order valence-electron chi connectivity index (χ3n) is 12.8. The number of carboxylic acid groups (broad SMARTS) is 1. The highest BCUT2D eigenvalue weighted by Gasteiger charge is 2.60. The van der Waals surface area contributed by atoms with E-state index in [1.165, 1.54) is 6.92 Å². The minimum Gasteiger partial charge on any atom is -0.477 e. The van der Waals surface area contributed by atoms with Crippen molar-refractivity contribution in [2.45, 2.75) is 193 Å².